The molecule has 0 spiro atoms. The molecule has 1 aliphatic carbocycles. The number of rotatable bonds is 3. The number of hydrogen-bond acceptors (Lipinski definition) is 3. The fourth-order valence-electron chi connectivity index (χ4n) is 3.31. The standard InChI is InChI=1S/C14H23F2NO2/c1-19-13(18)12-4-7-17(8-5-12)10-11-3-2-6-14(15,16)9-11/h11-12H,2-10H2,1H3. The van der Waals surface area contributed by atoms with Crippen molar-refractivity contribution in [3.05, 3.63) is 0 Å². The Morgan fingerprint density at radius 3 is 2.58 bits per heavy atom. The molecule has 3 nitrogen and oxygen atoms in total. The monoisotopic (exact) mass is 275 g/mol. The lowest BCUT2D eigenvalue weighted by Crippen LogP contribution is -2.41. The van der Waals surface area contributed by atoms with Crippen LogP contribution in [0.4, 0.5) is 8.78 Å². The number of halogens is 2. The number of likely N-dealkylation sites (tertiary alicyclic amines) is 1. The topological polar surface area (TPSA) is 29.5 Å². The highest BCUT2D eigenvalue weighted by molar-refractivity contribution is 5.72. The molecule has 0 radical (unpaired) electrons. The Bertz CT molecular complexity index is 315. The highest BCUT2D eigenvalue weighted by Gasteiger charge is 2.37. The Kier molecular flexibility index (Phi) is 4.76. The van der Waals surface area contributed by atoms with Gasteiger partial charge >= 0.3 is 5.97 Å². The molecular formula is C14H23F2NO2. The highest BCUT2D eigenvalue weighted by Crippen LogP contribution is 2.37. The average Bonchev–Trinajstić information content (AvgIpc) is 2.37. The van der Waals surface area contributed by atoms with E-state index in [4.69, 9.17) is 4.74 Å². The van der Waals surface area contributed by atoms with Crippen molar-refractivity contribution in [2.75, 3.05) is 26.7 Å². The van der Waals surface area contributed by atoms with Gasteiger partial charge in [0, 0.05) is 19.4 Å². The van der Waals surface area contributed by atoms with Gasteiger partial charge in [0.15, 0.2) is 0 Å². The predicted molar refractivity (Wildman–Crippen MR) is 68.1 cm³/mol. The van der Waals surface area contributed by atoms with E-state index < -0.39 is 5.92 Å². The quantitative estimate of drug-likeness (QED) is 0.742. The van der Waals surface area contributed by atoms with Crippen molar-refractivity contribution in [3.63, 3.8) is 0 Å². The van der Waals surface area contributed by atoms with Crippen LogP contribution >= 0.6 is 0 Å². The van der Waals surface area contributed by atoms with E-state index in [9.17, 15) is 13.6 Å². The number of methoxy groups -OCH3 is 1. The van der Waals surface area contributed by atoms with Gasteiger partial charge in [-0.25, -0.2) is 8.78 Å². The Hall–Kier alpha value is -0.710. The SMILES string of the molecule is COC(=O)C1CCN(CC2CCCC(F)(F)C2)CC1. The van der Waals surface area contributed by atoms with Crippen LogP contribution in [-0.4, -0.2) is 43.5 Å². The van der Waals surface area contributed by atoms with E-state index >= 15 is 0 Å². The molecule has 19 heavy (non-hydrogen) atoms. The van der Waals surface area contributed by atoms with Crippen LogP contribution in [0.1, 0.15) is 38.5 Å². The summed E-state index contributed by atoms with van der Waals surface area (Å²) in [7, 11) is 1.42. The Labute approximate surface area is 113 Å². The van der Waals surface area contributed by atoms with Gasteiger partial charge in [-0.1, -0.05) is 0 Å². The molecule has 0 aromatic heterocycles. The molecule has 2 aliphatic rings. The van der Waals surface area contributed by atoms with Crippen LogP contribution < -0.4 is 0 Å². The Balaban J connectivity index is 1.75. The van der Waals surface area contributed by atoms with E-state index in [0.29, 0.717) is 6.42 Å². The molecule has 0 bridgehead atoms. The van der Waals surface area contributed by atoms with E-state index in [2.05, 4.69) is 4.90 Å². The van der Waals surface area contributed by atoms with E-state index in [1.54, 1.807) is 0 Å². The van der Waals surface area contributed by atoms with E-state index in [-0.39, 0.29) is 30.6 Å². The van der Waals surface area contributed by atoms with Crippen LogP contribution in [0.5, 0.6) is 0 Å². The van der Waals surface area contributed by atoms with Crippen LogP contribution in [0.3, 0.4) is 0 Å². The van der Waals surface area contributed by atoms with Gasteiger partial charge in [-0.3, -0.25) is 4.79 Å². The second-order valence-electron chi connectivity index (χ2n) is 5.92. The van der Waals surface area contributed by atoms with Crippen LogP contribution in [0.25, 0.3) is 0 Å². The minimum absolute atomic E-state index is 0.00551. The summed E-state index contributed by atoms with van der Waals surface area (Å²) in [6.45, 7) is 2.40. The fraction of sp³-hybridized carbons (Fsp3) is 0.929. The maximum absolute atomic E-state index is 13.3. The van der Waals surface area contributed by atoms with Crippen molar-refractivity contribution in [1.29, 1.82) is 0 Å². The Morgan fingerprint density at radius 2 is 2.00 bits per heavy atom. The number of nitrogens with zero attached hydrogens (tertiary/aromatic N) is 1. The summed E-state index contributed by atoms with van der Waals surface area (Å²) in [6, 6.07) is 0. The average molecular weight is 275 g/mol. The minimum atomic E-state index is -2.47. The predicted octanol–water partition coefficient (Wildman–Crippen LogP) is 2.70. The van der Waals surface area contributed by atoms with Gasteiger partial charge in [0.1, 0.15) is 0 Å². The molecule has 1 saturated heterocycles. The first-order valence-electron chi connectivity index (χ1n) is 7.18. The number of ether oxygens (including phenoxy) is 1. The number of esters is 1. The van der Waals surface area contributed by atoms with E-state index in [0.717, 1.165) is 38.9 Å². The molecule has 1 unspecified atom stereocenters. The largest absolute Gasteiger partial charge is 0.469 e. The fourth-order valence-corrected chi connectivity index (χ4v) is 3.31. The van der Waals surface area contributed by atoms with E-state index in [1.807, 2.05) is 0 Å². The zero-order valence-electron chi connectivity index (χ0n) is 11.5. The summed E-state index contributed by atoms with van der Waals surface area (Å²) in [6.07, 6.45) is 3.20. The van der Waals surface area contributed by atoms with Crippen molar-refractivity contribution in [1.82, 2.24) is 4.90 Å². The minimum Gasteiger partial charge on any atom is -0.469 e. The van der Waals surface area contributed by atoms with Crippen molar-refractivity contribution < 1.29 is 18.3 Å². The van der Waals surface area contributed by atoms with Crippen molar-refractivity contribution >= 4 is 5.97 Å². The van der Waals surface area contributed by atoms with Crippen molar-refractivity contribution in [2.24, 2.45) is 11.8 Å². The zero-order chi connectivity index (χ0) is 13.9. The van der Waals surface area contributed by atoms with Gasteiger partial charge in [-0.2, -0.15) is 0 Å². The van der Waals surface area contributed by atoms with Crippen LogP contribution in [0, 0.1) is 11.8 Å². The lowest BCUT2D eigenvalue weighted by Gasteiger charge is -2.36. The summed E-state index contributed by atoms with van der Waals surface area (Å²) in [5, 5.41) is 0. The Morgan fingerprint density at radius 1 is 1.32 bits per heavy atom. The summed E-state index contributed by atoms with van der Waals surface area (Å²) >= 11 is 0. The maximum atomic E-state index is 13.3. The summed E-state index contributed by atoms with van der Waals surface area (Å²) < 4.78 is 31.4. The molecule has 0 aromatic carbocycles. The second kappa shape index (κ2) is 6.16. The van der Waals surface area contributed by atoms with Crippen molar-refractivity contribution in [3.8, 4) is 0 Å². The molecule has 0 aromatic rings. The molecule has 5 heteroatoms. The smallest absolute Gasteiger partial charge is 0.308 e. The third-order valence-electron chi connectivity index (χ3n) is 4.38. The van der Waals surface area contributed by atoms with Crippen LogP contribution in [0.2, 0.25) is 0 Å². The van der Waals surface area contributed by atoms with Crippen LogP contribution in [-0.2, 0) is 9.53 Å². The molecular weight excluding hydrogens is 252 g/mol. The number of piperidine rings is 1. The summed E-state index contributed by atoms with van der Waals surface area (Å²) in [5.41, 5.74) is 0. The lowest BCUT2D eigenvalue weighted by atomic mass is 9.85. The van der Waals surface area contributed by atoms with Crippen molar-refractivity contribution in [2.45, 2.75) is 44.4 Å². The first kappa shape index (κ1) is 14.7. The summed E-state index contributed by atoms with van der Waals surface area (Å²) in [4.78, 5) is 13.6. The first-order chi connectivity index (χ1) is 9.00. The van der Waals surface area contributed by atoms with Gasteiger partial charge in [-0.15, -0.1) is 0 Å². The van der Waals surface area contributed by atoms with E-state index in [1.165, 1.54) is 7.11 Å². The molecule has 110 valence electrons. The van der Waals surface area contributed by atoms with Gasteiger partial charge in [-0.05, 0) is 44.7 Å². The number of carbonyl (C=O) groups is 1. The molecule has 1 aliphatic heterocycles. The number of alkyl halides is 2. The summed E-state index contributed by atoms with van der Waals surface area (Å²) in [5.74, 6) is -2.50. The normalized spacial score (nSPS) is 29.1. The maximum Gasteiger partial charge on any atom is 0.308 e. The molecule has 1 heterocycles. The molecule has 1 saturated carbocycles. The first-order valence-corrected chi connectivity index (χ1v) is 7.18. The molecule has 0 N–H and O–H groups in total. The third-order valence-corrected chi connectivity index (χ3v) is 4.38. The van der Waals surface area contributed by atoms with Gasteiger partial charge < -0.3 is 9.64 Å². The third kappa shape index (κ3) is 4.13. The molecule has 2 fully saturated rings. The van der Waals surface area contributed by atoms with Gasteiger partial charge in [0.25, 0.3) is 0 Å². The molecule has 0 amide bonds. The molecule has 1 atom stereocenters. The van der Waals surface area contributed by atoms with Crippen LogP contribution in [0.15, 0.2) is 0 Å². The lowest BCUT2D eigenvalue weighted by molar-refractivity contribution is -0.147. The molecule has 2 rings (SSSR count). The number of carbonyl (C=O) groups excluding carboxylic acids is 1. The zero-order valence-corrected chi connectivity index (χ0v) is 11.5. The number of hydrogen-bond donors (Lipinski definition) is 0. The second-order valence-corrected chi connectivity index (χ2v) is 5.92. The highest BCUT2D eigenvalue weighted by atomic mass is 19.3. The van der Waals surface area contributed by atoms with Gasteiger partial charge in [0.2, 0.25) is 5.92 Å². The van der Waals surface area contributed by atoms with Gasteiger partial charge in [0.05, 0.1) is 13.0 Å².